The molecule has 1 aromatic rings. The number of carbonyl (C=O) groups is 2. The molecule has 138 valence electrons. The molecule has 26 heavy (non-hydrogen) atoms. The number of anilines is 2. The van der Waals surface area contributed by atoms with E-state index < -0.39 is 5.66 Å². The zero-order chi connectivity index (χ0) is 18.5. The Balaban J connectivity index is 1.73. The number of amides is 4. The summed E-state index contributed by atoms with van der Waals surface area (Å²) in [6.07, 6.45) is 5.53. The maximum Gasteiger partial charge on any atom is 0.333 e. The first-order valence-corrected chi connectivity index (χ1v) is 9.27. The quantitative estimate of drug-likeness (QED) is 0.837. The van der Waals surface area contributed by atoms with Gasteiger partial charge in [-0.15, -0.1) is 0 Å². The largest absolute Gasteiger partial charge is 0.335 e. The second kappa shape index (κ2) is 6.00. The van der Waals surface area contributed by atoms with Crippen LogP contribution in [-0.4, -0.2) is 41.7 Å². The highest BCUT2D eigenvalue weighted by Gasteiger charge is 2.48. The molecule has 2 heterocycles. The standard InChI is InChI=1S/C19H25N5O2/c1-19(2)21-16-23(17(25)20-13-9-5-4-6-10-13)14-11-7-8-12-15(14)24(16)18(26)22(19)3/h7-8,11-13H,4-6,9-10H2,1-3H3,(H,20,25). The summed E-state index contributed by atoms with van der Waals surface area (Å²) in [5.74, 6) is 0.382. The van der Waals surface area contributed by atoms with Crippen molar-refractivity contribution >= 4 is 29.4 Å². The van der Waals surface area contributed by atoms with Crippen LogP contribution in [0.1, 0.15) is 46.0 Å². The summed E-state index contributed by atoms with van der Waals surface area (Å²) < 4.78 is 0. The summed E-state index contributed by atoms with van der Waals surface area (Å²) in [5, 5.41) is 3.14. The Morgan fingerprint density at radius 1 is 1.15 bits per heavy atom. The monoisotopic (exact) mass is 355 g/mol. The Labute approximate surface area is 153 Å². The van der Waals surface area contributed by atoms with Crippen molar-refractivity contribution in [1.82, 2.24) is 10.2 Å². The number of hydrogen-bond acceptors (Lipinski definition) is 3. The van der Waals surface area contributed by atoms with Gasteiger partial charge in [-0.2, -0.15) is 0 Å². The minimum atomic E-state index is -0.714. The molecule has 0 atom stereocenters. The van der Waals surface area contributed by atoms with Crippen molar-refractivity contribution in [1.29, 1.82) is 0 Å². The maximum absolute atomic E-state index is 13.1. The molecule has 7 heteroatoms. The van der Waals surface area contributed by atoms with Gasteiger partial charge >= 0.3 is 12.1 Å². The number of aliphatic imine (C=N–C) groups is 1. The lowest BCUT2D eigenvalue weighted by Gasteiger charge is -2.40. The van der Waals surface area contributed by atoms with Crippen LogP contribution >= 0.6 is 0 Å². The van der Waals surface area contributed by atoms with Crippen LogP contribution < -0.4 is 15.1 Å². The highest BCUT2D eigenvalue weighted by atomic mass is 16.2. The first kappa shape index (κ1) is 16.9. The molecular weight excluding hydrogens is 330 g/mol. The maximum atomic E-state index is 13.1. The number of nitrogens with one attached hydrogen (secondary N) is 1. The van der Waals surface area contributed by atoms with E-state index in [9.17, 15) is 9.59 Å². The Hall–Kier alpha value is -2.57. The van der Waals surface area contributed by atoms with Crippen LogP contribution in [0, 0.1) is 0 Å². The predicted octanol–water partition coefficient (Wildman–Crippen LogP) is 3.51. The van der Waals surface area contributed by atoms with Gasteiger partial charge in [0.05, 0.1) is 11.4 Å². The minimum absolute atomic E-state index is 0.180. The van der Waals surface area contributed by atoms with Gasteiger partial charge in [-0.3, -0.25) is 0 Å². The fourth-order valence-corrected chi connectivity index (χ4v) is 3.84. The molecule has 3 aliphatic rings. The van der Waals surface area contributed by atoms with Gasteiger partial charge in [-0.1, -0.05) is 31.4 Å². The summed E-state index contributed by atoms with van der Waals surface area (Å²) in [6.45, 7) is 3.74. The predicted molar refractivity (Wildman–Crippen MR) is 101 cm³/mol. The van der Waals surface area contributed by atoms with Crippen molar-refractivity contribution in [2.45, 2.75) is 57.7 Å². The van der Waals surface area contributed by atoms with E-state index in [1.54, 1.807) is 16.8 Å². The molecule has 0 saturated heterocycles. The van der Waals surface area contributed by atoms with Crippen molar-refractivity contribution in [3.05, 3.63) is 24.3 Å². The molecule has 0 aromatic heterocycles. The molecule has 1 aliphatic carbocycles. The topological polar surface area (TPSA) is 68.2 Å². The molecule has 1 N–H and O–H groups in total. The molecule has 1 fully saturated rings. The molecule has 1 saturated carbocycles. The summed E-state index contributed by atoms with van der Waals surface area (Å²) in [4.78, 5) is 35.5. The van der Waals surface area contributed by atoms with Gasteiger partial charge in [-0.05, 0) is 38.8 Å². The molecule has 7 nitrogen and oxygen atoms in total. The smallest absolute Gasteiger partial charge is 0.333 e. The summed E-state index contributed by atoms with van der Waals surface area (Å²) >= 11 is 0. The molecular formula is C19H25N5O2. The van der Waals surface area contributed by atoms with Crippen LogP contribution in [0.5, 0.6) is 0 Å². The number of carbonyl (C=O) groups excluding carboxylic acids is 2. The van der Waals surface area contributed by atoms with E-state index in [0.29, 0.717) is 17.3 Å². The molecule has 1 aromatic carbocycles. The summed E-state index contributed by atoms with van der Waals surface area (Å²) in [6, 6.07) is 7.25. The van der Waals surface area contributed by atoms with Crippen molar-refractivity contribution < 1.29 is 9.59 Å². The third-order valence-corrected chi connectivity index (χ3v) is 5.57. The SMILES string of the molecule is CN1C(=O)N2C(=NC1(C)C)N(C(=O)NC1CCCCC1)c1ccccc12. The average molecular weight is 355 g/mol. The second-order valence-corrected chi connectivity index (χ2v) is 7.69. The van der Waals surface area contributed by atoms with Gasteiger partial charge in [0, 0.05) is 13.1 Å². The third-order valence-electron chi connectivity index (χ3n) is 5.57. The lowest BCUT2D eigenvalue weighted by Crippen LogP contribution is -2.61. The van der Waals surface area contributed by atoms with E-state index in [2.05, 4.69) is 5.32 Å². The molecule has 0 radical (unpaired) electrons. The molecule has 2 aliphatic heterocycles. The van der Waals surface area contributed by atoms with E-state index in [1.807, 2.05) is 38.1 Å². The second-order valence-electron chi connectivity index (χ2n) is 7.69. The van der Waals surface area contributed by atoms with Crippen LogP contribution in [0.4, 0.5) is 21.0 Å². The molecule has 0 spiro atoms. The lowest BCUT2D eigenvalue weighted by molar-refractivity contribution is 0.164. The van der Waals surface area contributed by atoms with E-state index in [-0.39, 0.29) is 18.1 Å². The van der Waals surface area contributed by atoms with Crippen LogP contribution in [0.25, 0.3) is 0 Å². The van der Waals surface area contributed by atoms with Crippen molar-refractivity contribution in [3.63, 3.8) is 0 Å². The van der Waals surface area contributed by atoms with Crippen molar-refractivity contribution in [2.24, 2.45) is 4.99 Å². The van der Waals surface area contributed by atoms with Crippen molar-refractivity contribution in [3.8, 4) is 0 Å². The van der Waals surface area contributed by atoms with Crippen LogP contribution in [0.3, 0.4) is 0 Å². The number of urea groups is 2. The lowest BCUT2D eigenvalue weighted by atomic mass is 9.96. The van der Waals surface area contributed by atoms with Gasteiger partial charge in [0.1, 0.15) is 5.66 Å². The molecule has 4 rings (SSSR count). The van der Waals surface area contributed by atoms with Gasteiger partial charge in [0.25, 0.3) is 0 Å². The van der Waals surface area contributed by atoms with E-state index >= 15 is 0 Å². The normalized spacial score (nSPS) is 22.0. The average Bonchev–Trinajstić information content (AvgIpc) is 2.94. The van der Waals surface area contributed by atoms with Gasteiger partial charge < -0.3 is 10.2 Å². The van der Waals surface area contributed by atoms with Gasteiger partial charge in [-0.25, -0.2) is 24.4 Å². The number of benzene rings is 1. The molecule has 4 amide bonds. The fourth-order valence-electron chi connectivity index (χ4n) is 3.84. The summed E-state index contributed by atoms with van der Waals surface area (Å²) in [7, 11) is 1.73. The fraction of sp³-hybridized carbons (Fsp3) is 0.526. The Morgan fingerprint density at radius 3 is 2.50 bits per heavy atom. The number of guanidine groups is 1. The number of fused-ring (bicyclic) bond motifs is 3. The van der Waals surface area contributed by atoms with Crippen LogP contribution in [0.15, 0.2) is 29.3 Å². The minimum Gasteiger partial charge on any atom is -0.335 e. The number of rotatable bonds is 1. The van der Waals surface area contributed by atoms with Crippen LogP contribution in [0.2, 0.25) is 0 Å². The van der Waals surface area contributed by atoms with Gasteiger partial charge in [0.15, 0.2) is 0 Å². The first-order chi connectivity index (χ1) is 12.4. The number of para-hydroxylation sites is 2. The van der Waals surface area contributed by atoms with Crippen molar-refractivity contribution in [2.75, 3.05) is 16.8 Å². The Kier molecular flexibility index (Phi) is 3.89. The number of nitrogens with zero attached hydrogens (tertiary/aromatic N) is 4. The Morgan fingerprint density at radius 2 is 1.81 bits per heavy atom. The molecule has 0 bridgehead atoms. The zero-order valence-electron chi connectivity index (χ0n) is 15.5. The highest BCUT2D eigenvalue weighted by molar-refractivity contribution is 6.35. The highest BCUT2D eigenvalue weighted by Crippen LogP contribution is 2.41. The Bertz CT molecular complexity index is 782. The van der Waals surface area contributed by atoms with Gasteiger partial charge in [0.2, 0.25) is 5.96 Å². The summed E-state index contributed by atoms with van der Waals surface area (Å²) in [5.41, 5.74) is 0.672. The van der Waals surface area contributed by atoms with E-state index in [4.69, 9.17) is 4.99 Å². The first-order valence-electron chi connectivity index (χ1n) is 9.27. The van der Waals surface area contributed by atoms with E-state index in [1.165, 1.54) is 11.3 Å². The zero-order valence-corrected chi connectivity index (χ0v) is 15.5. The number of hydrogen-bond donors (Lipinski definition) is 1. The molecule has 0 unspecified atom stereocenters. The van der Waals surface area contributed by atoms with E-state index in [0.717, 1.165) is 25.7 Å². The third kappa shape index (κ3) is 2.53. The van der Waals surface area contributed by atoms with Crippen LogP contribution in [-0.2, 0) is 0 Å².